The molecule has 0 bridgehead atoms. The van der Waals surface area contributed by atoms with Gasteiger partial charge in [-0.3, -0.25) is 19.3 Å². The lowest BCUT2D eigenvalue weighted by Crippen LogP contribution is -2.55. The predicted octanol–water partition coefficient (Wildman–Crippen LogP) is 2.53. The summed E-state index contributed by atoms with van der Waals surface area (Å²) in [6, 6.07) is 7.74. The first-order chi connectivity index (χ1) is 13.0. The van der Waals surface area contributed by atoms with Gasteiger partial charge in [0.1, 0.15) is 11.1 Å². The van der Waals surface area contributed by atoms with Crippen LogP contribution >= 0.6 is 11.8 Å². The Kier molecular flexibility index (Phi) is 4.73. The Bertz CT molecular complexity index is 969. The number of nitrogens with zero attached hydrogens (tertiary/aromatic N) is 1. The van der Waals surface area contributed by atoms with Crippen molar-refractivity contribution in [1.82, 2.24) is 10.2 Å². The van der Waals surface area contributed by atoms with Crippen molar-refractivity contribution < 1.29 is 18.8 Å². The molecule has 140 valence electrons. The van der Waals surface area contributed by atoms with E-state index in [0.717, 1.165) is 24.6 Å². The number of amides is 3. The molecule has 2 fully saturated rings. The molecule has 0 spiro atoms. The number of benzene rings is 1. The summed E-state index contributed by atoms with van der Waals surface area (Å²) in [4.78, 5) is 50.4. The molecule has 2 unspecified atom stereocenters. The molecular formula is C19H18N2O5S. The van der Waals surface area contributed by atoms with Gasteiger partial charge in [-0.05, 0) is 25.0 Å². The van der Waals surface area contributed by atoms with Crippen LogP contribution in [0.15, 0.2) is 39.5 Å². The molecule has 0 radical (unpaired) electrons. The number of thioether (sulfide) groups is 1. The van der Waals surface area contributed by atoms with Crippen molar-refractivity contribution >= 4 is 39.8 Å². The largest absolute Gasteiger partial charge is 0.422 e. The molecule has 2 aliphatic rings. The zero-order valence-corrected chi connectivity index (χ0v) is 15.3. The molecule has 7 nitrogen and oxygen atoms in total. The third-order valence-corrected chi connectivity index (χ3v) is 5.88. The molecule has 4 rings (SSSR count). The highest BCUT2D eigenvalue weighted by Gasteiger charge is 2.41. The Hall–Kier alpha value is -2.61. The van der Waals surface area contributed by atoms with Gasteiger partial charge in [-0.15, -0.1) is 0 Å². The molecule has 3 amide bonds. The Morgan fingerprint density at radius 3 is 2.70 bits per heavy atom. The van der Waals surface area contributed by atoms with Crippen LogP contribution in [-0.4, -0.2) is 39.8 Å². The van der Waals surface area contributed by atoms with Gasteiger partial charge in [-0.25, -0.2) is 4.79 Å². The first-order valence-electron chi connectivity index (χ1n) is 8.87. The topological polar surface area (TPSA) is 96.7 Å². The predicted molar refractivity (Wildman–Crippen MR) is 101 cm³/mol. The monoisotopic (exact) mass is 386 g/mol. The van der Waals surface area contributed by atoms with Crippen molar-refractivity contribution in [1.29, 1.82) is 0 Å². The van der Waals surface area contributed by atoms with E-state index in [1.807, 2.05) is 0 Å². The number of para-hydroxylation sites is 1. The van der Waals surface area contributed by atoms with E-state index >= 15 is 0 Å². The van der Waals surface area contributed by atoms with Gasteiger partial charge in [0, 0.05) is 5.39 Å². The summed E-state index contributed by atoms with van der Waals surface area (Å²) >= 11 is 0.988. The van der Waals surface area contributed by atoms with Gasteiger partial charge in [0.2, 0.25) is 5.91 Å². The molecule has 1 aromatic heterocycles. The maximum absolute atomic E-state index is 12.7. The van der Waals surface area contributed by atoms with Gasteiger partial charge < -0.3 is 9.73 Å². The van der Waals surface area contributed by atoms with Crippen LogP contribution in [-0.2, 0) is 4.79 Å². The molecule has 2 atom stereocenters. The second-order valence-corrected chi connectivity index (χ2v) is 7.66. The summed E-state index contributed by atoms with van der Waals surface area (Å²) in [5.41, 5.74) is -0.367. The van der Waals surface area contributed by atoms with E-state index < -0.39 is 11.5 Å². The molecule has 1 N–H and O–H groups in total. The molecule has 2 heterocycles. The van der Waals surface area contributed by atoms with Gasteiger partial charge in [-0.2, -0.15) is 0 Å². The summed E-state index contributed by atoms with van der Waals surface area (Å²) in [5, 5.41) is 3.24. The van der Waals surface area contributed by atoms with Crippen molar-refractivity contribution in [3.8, 4) is 0 Å². The smallest absolute Gasteiger partial charge is 0.349 e. The third kappa shape index (κ3) is 3.37. The number of rotatable bonds is 3. The van der Waals surface area contributed by atoms with Crippen molar-refractivity contribution in [2.24, 2.45) is 0 Å². The fourth-order valence-corrected chi connectivity index (χ4v) is 4.50. The van der Waals surface area contributed by atoms with Crippen molar-refractivity contribution in [2.45, 2.75) is 37.8 Å². The highest BCUT2D eigenvalue weighted by atomic mass is 32.2. The summed E-state index contributed by atoms with van der Waals surface area (Å²) in [7, 11) is 0. The molecule has 1 aliphatic carbocycles. The Morgan fingerprint density at radius 1 is 1.15 bits per heavy atom. The van der Waals surface area contributed by atoms with E-state index in [-0.39, 0.29) is 34.5 Å². The number of fused-ring (bicyclic) bond motifs is 1. The lowest BCUT2D eigenvalue weighted by atomic mass is 9.89. The van der Waals surface area contributed by atoms with Gasteiger partial charge in [-0.1, -0.05) is 42.8 Å². The fraction of sp³-hybridized carbons (Fsp3) is 0.368. The normalized spacial score (nSPS) is 23.0. The zero-order valence-electron chi connectivity index (χ0n) is 14.5. The molecular weight excluding hydrogens is 368 g/mol. The van der Waals surface area contributed by atoms with Crippen LogP contribution in [0, 0.1) is 0 Å². The molecule has 1 aliphatic heterocycles. The van der Waals surface area contributed by atoms with Gasteiger partial charge in [0.25, 0.3) is 11.1 Å². The molecule has 1 aromatic carbocycles. The van der Waals surface area contributed by atoms with E-state index in [0.29, 0.717) is 23.8 Å². The summed E-state index contributed by atoms with van der Waals surface area (Å²) < 4.78 is 5.23. The second kappa shape index (κ2) is 7.19. The first-order valence-corrected chi connectivity index (χ1v) is 9.86. The number of imide groups is 1. The molecule has 8 heteroatoms. The first kappa shape index (κ1) is 17.8. The van der Waals surface area contributed by atoms with Crippen LogP contribution in [0.3, 0.4) is 0 Å². The minimum Gasteiger partial charge on any atom is -0.422 e. The average Bonchev–Trinajstić information content (AvgIpc) is 3.00. The number of nitrogens with one attached hydrogen (secondary N) is 1. The lowest BCUT2D eigenvalue weighted by Gasteiger charge is -2.36. The maximum atomic E-state index is 12.7. The lowest BCUT2D eigenvalue weighted by molar-refractivity contribution is -0.127. The Balaban J connectivity index is 1.59. The standard InChI is InChI=1S/C19H18N2O5S/c22-16-10-27-19(25)21(16)14-7-3-2-6-13(14)20-17(23)12-9-11-5-1-4-8-15(11)26-18(12)24/h1,4-5,8-9,13-14H,2-3,6-7,10H2,(H,20,23). The number of carbonyl (C=O) groups is 3. The highest BCUT2D eigenvalue weighted by Crippen LogP contribution is 2.30. The van der Waals surface area contributed by atoms with Crippen LogP contribution in [0.5, 0.6) is 0 Å². The Morgan fingerprint density at radius 2 is 1.93 bits per heavy atom. The van der Waals surface area contributed by atoms with Crippen molar-refractivity contribution in [3.05, 3.63) is 46.3 Å². The van der Waals surface area contributed by atoms with Crippen LogP contribution in [0.1, 0.15) is 36.0 Å². The van der Waals surface area contributed by atoms with E-state index in [4.69, 9.17) is 4.42 Å². The quantitative estimate of drug-likeness (QED) is 0.815. The SMILES string of the molecule is O=C(NC1CCCCC1N1C(=O)CSC1=O)c1cc2ccccc2oc1=O. The number of carbonyl (C=O) groups excluding carboxylic acids is 3. The van der Waals surface area contributed by atoms with Crippen molar-refractivity contribution in [2.75, 3.05) is 5.75 Å². The average molecular weight is 386 g/mol. The zero-order chi connectivity index (χ0) is 19.0. The second-order valence-electron chi connectivity index (χ2n) is 6.74. The van der Waals surface area contributed by atoms with Gasteiger partial charge in [0.05, 0.1) is 17.8 Å². The number of hydrogen-bond acceptors (Lipinski definition) is 6. The van der Waals surface area contributed by atoms with Crippen LogP contribution in [0.2, 0.25) is 0 Å². The van der Waals surface area contributed by atoms with E-state index in [1.54, 1.807) is 24.3 Å². The van der Waals surface area contributed by atoms with Crippen LogP contribution in [0.25, 0.3) is 11.0 Å². The third-order valence-electron chi connectivity index (χ3n) is 5.05. The molecule has 1 saturated heterocycles. The minimum absolute atomic E-state index is 0.0773. The highest BCUT2D eigenvalue weighted by molar-refractivity contribution is 8.14. The van der Waals surface area contributed by atoms with Crippen molar-refractivity contribution in [3.63, 3.8) is 0 Å². The molecule has 2 aromatic rings. The minimum atomic E-state index is -0.706. The van der Waals surface area contributed by atoms with Gasteiger partial charge >= 0.3 is 5.63 Å². The van der Waals surface area contributed by atoms with E-state index in [2.05, 4.69) is 5.32 Å². The summed E-state index contributed by atoms with van der Waals surface area (Å²) in [6.45, 7) is 0. The van der Waals surface area contributed by atoms with E-state index in [1.165, 1.54) is 11.0 Å². The summed E-state index contributed by atoms with van der Waals surface area (Å²) in [6.07, 6.45) is 3.07. The maximum Gasteiger partial charge on any atom is 0.349 e. The Labute approximate surface area is 159 Å². The van der Waals surface area contributed by atoms with Crippen LogP contribution in [0.4, 0.5) is 4.79 Å². The fourth-order valence-electron chi connectivity index (χ4n) is 3.74. The van der Waals surface area contributed by atoms with E-state index in [9.17, 15) is 19.2 Å². The summed E-state index contributed by atoms with van der Waals surface area (Å²) in [5.74, 6) is -0.621. The molecule has 27 heavy (non-hydrogen) atoms. The van der Waals surface area contributed by atoms with Gasteiger partial charge in [0.15, 0.2) is 0 Å². The molecule has 1 saturated carbocycles. The van der Waals surface area contributed by atoms with Crippen LogP contribution < -0.4 is 10.9 Å². The number of hydrogen-bond donors (Lipinski definition) is 1.